The second-order valence-corrected chi connectivity index (χ2v) is 9.52. The molecule has 182 valence electrons. The second-order valence-electron chi connectivity index (χ2n) is 9.52. The minimum absolute atomic E-state index is 0.300. The minimum Gasteiger partial charge on any atom is -0.295 e. The monoisotopic (exact) mass is 442 g/mol. The topological polar surface area (TPSA) is 34.1 Å². The molecular formula is C30H50O2. The van der Waals surface area contributed by atoms with Crippen molar-refractivity contribution in [3.8, 4) is 0 Å². The molecule has 0 aromatic rings. The van der Waals surface area contributed by atoms with E-state index in [0.29, 0.717) is 24.4 Å². The number of hydrogen-bond acceptors (Lipinski definition) is 2. The van der Waals surface area contributed by atoms with Crippen molar-refractivity contribution in [2.75, 3.05) is 0 Å². The quantitative estimate of drug-likeness (QED) is 0.350. The summed E-state index contributed by atoms with van der Waals surface area (Å²) >= 11 is 0. The van der Waals surface area contributed by atoms with Crippen LogP contribution in [0, 0.1) is 0 Å². The van der Waals surface area contributed by atoms with Crippen LogP contribution in [0.2, 0.25) is 0 Å². The molecule has 0 aromatic carbocycles. The number of ketones is 2. The molecule has 0 N–H and O–H groups in total. The fraction of sp³-hybridized carbons (Fsp3) is 0.733. The van der Waals surface area contributed by atoms with Gasteiger partial charge in [0.2, 0.25) is 0 Å². The second kappa shape index (κ2) is 22.7. The summed E-state index contributed by atoms with van der Waals surface area (Å²) in [4.78, 5) is 23.9. The first-order valence-corrected chi connectivity index (χ1v) is 13.8. The lowest BCUT2D eigenvalue weighted by Crippen LogP contribution is -1.93. The summed E-state index contributed by atoms with van der Waals surface area (Å²) in [6.07, 6.45) is 37.9. The highest BCUT2D eigenvalue weighted by Gasteiger charge is 1.99. The number of allylic oxidation sites excluding steroid dienone is 6. The van der Waals surface area contributed by atoms with Crippen LogP contribution in [0.4, 0.5) is 0 Å². The Balaban J connectivity index is 2.24. The van der Waals surface area contributed by atoms with E-state index in [9.17, 15) is 9.59 Å². The molecule has 1 aliphatic carbocycles. The van der Waals surface area contributed by atoms with Gasteiger partial charge in [0.1, 0.15) is 0 Å². The smallest absolute Gasteiger partial charge is 0.155 e. The van der Waals surface area contributed by atoms with E-state index in [0.717, 1.165) is 38.5 Å². The van der Waals surface area contributed by atoms with Crippen LogP contribution in [0.1, 0.15) is 141 Å². The average Bonchev–Trinajstić information content (AvgIpc) is 2.78. The summed E-state index contributed by atoms with van der Waals surface area (Å²) in [5, 5.41) is 0. The molecule has 0 aliphatic heterocycles. The van der Waals surface area contributed by atoms with E-state index < -0.39 is 0 Å². The van der Waals surface area contributed by atoms with Gasteiger partial charge in [0.05, 0.1) is 0 Å². The fourth-order valence-corrected chi connectivity index (χ4v) is 4.25. The average molecular weight is 443 g/mol. The van der Waals surface area contributed by atoms with Crippen LogP contribution < -0.4 is 0 Å². The number of hydrogen-bond donors (Lipinski definition) is 0. The third kappa shape index (κ3) is 20.5. The summed E-state index contributed by atoms with van der Waals surface area (Å²) in [6.45, 7) is 0. The molecule has 0 unspecified atom stereocenters. The molecular weight excluding hydrogens is 392 g/mol. The predicted octanol–water partition coefficient (Wildman–Crippen LogP) is 9.39. The van der Waals surface area contributed by atoms with Gasteiger partial charge in [0.15, 0.2) is 11.6 Å². The number of carbonyl (C=O) groups is 2. The largest absolute Gasteiger partial charge is 0.295 e. The Morgan fingerprint density at radius 3 is 1.00 bits per heavy atom. The van der Waals surface area contributed by atoms with Crippen molar-refractivity contribution in [3.05, 3.63) is 36.5 Å². The summed E-state index contributed by atoms with van der Waals surface area (Å²) < 4.78 is 0. The Bertz CT molecular complexity index is 493. The minimum atomic E-state index is 0.300. The molecule has 0 spiro atoms. The molecule has 2 heteroatoms. The van der Waals surface area contributed by atoms with Crippen LogP contribution in [0.25, 0.3) is 0 Å². The first-order valence-electron chi connectivity index (χ1n) is 13.8. The zero-order valence-corrected chi connectivity index (χ0v) is 20.8. The molecule has 0 saturated heterocycles. The van der Waals surface area contributed by atoms with Crippen LogP contribution >= 0.6 is 0 Å². The molecule has 0 amide bonds. The Labute approximate surface area is 199 Å². The van der Waals surface area contributed by atoms with E-state index >= 15 is 0 Å². The highest BCUT2D eigenvalue weighted by Crippen LogP contribution is 2.12. The first-order chi connectivity index (χ1) is 15.8. The summed E-state index contributed by atoms with van der Waals surface area (Å²) in [5.41, 5.74) is 0. The van der Waals surface area contributed by atoms with Gasteiger partial charge in [-0.25, -0.2) is 0 Å². The van der Waals surface area contributed by atoms with Gasteiger partial charge in [-0.1, -0.05) is 88.5 Å². The van der Waals surface area contributed by atoms with E-state index in [1.54, 1.807) is 0 Å². The molecule has 0 heterocycles. The summed E-state index contributed by atoms with van der Waals surface area (Å²) in [7, 11) is 0. The maximum absolute atomic E-state index is 11.9. The lowest BCUT2D eigenvalue weighted by atomic mass is 10.0. The van der Waals surface area contributed by atoms with Gasteiger partial charge in [-0.3, -0.25) is 9.59 Å². The molecule has 0 radical (unpaired) electrons. The van der Waals surface area contributed by atoms with Gasteiger partial charge in [-0.2, -0.15) is 0 Å². The third-order valence-electron chi connectivity index (χ3n) is 6.35. The third-order valence-corrected chi connectivity index (χ3v) is 6.35. The number of carbonyl (C=O) groups excluding carboxylic acids is 2. The van der Waals surface area contributed by atoms with Gasteiger partial charge >= 0.3 is 0 Å². The molecule has 32 heavy (non-hydrogen) atoms. The van der Waals surface area contributed by atoms with Crippen molar-refractivity contribution < 1.29 is 9.59 Å². The zero-order valence-electron chi connectivity index (χ0n) is 20.8. The standard InChI is InChI=1S/C30H50O2/c31-29-25-21-17-13-9-7-5-3-1-2-4-6-8-10-14-18-22-26-30(32)28-24-20-16-12-11-15-19-23-27-29/h1-2,21-22,25-26H,3-20,23-24,27-28H2. The van der Waals surface area contributed by atoms with E-state index in [1.165, 1.54) is 89.9 Å². The van der Waals surface area contributed by atoms with Crippen LogP contribution in [0.15, 0.2) is 36.5 Å². The number of rotatable bonds is 0. The molecule has 1 aliphatic rings. The highest BCUT2D eigenvalue weighted by molar-refractivity contribution is 5.89. The predicted molar refractivity (Wildman–Crippen MR) is 139 cm³/mol. The van der Waals surface area contributed by atoms with E-state index in [2.05, 4.69) is 24.3 Å². The molecule has 0 atom stereocenters. The Morgan fingerprint density at radius 2 is 0.625 bits per heavy atom. The van der Waals surface area contributed by atoms with Crippen molar-refractivity contribution in [2.45, 2.75) is 141 Å². The van der Waals surface area contributed by atoms with Gasteiger partial charge in [0, 0.05) is 12.8 Å². The SMILES string of the molecule is O=C1C=CCCCCCCC=CCCCCCCC=CC(=O)CCCCCCCCCC1. The van der Waals surface area contributed by atoms with Crippen molar-refractivity contribution in [3.63, 3.8) is 0 Å². The molecule has 1 rings (SSSR count). The Morgan fingerprint density at radius 1 is 0.344 bits per heavy atom. The first kappa shape index (κ1) is 28.6. The lowest BCUT2D eigenvalue weighted by Gasteiger charge is -2.02. The zero-order chi connectivity index (χ0) is 23.0. The van der Waals surface area contributed by atoms with Crippen molar-refractivity contribution in [1.82, 2.24) is 0 Å². The molecule has 0 bridgehead atoms. The lowest BCUT2D eigenvalue weighted by molar-refractivity contribution is -0.115. The Hall–Kier alpha value is -1.44. The van der Waals surface area contributed by atoms with Gasteiger partial charge < -0.3 is 0 Å². The van der Waals surface area contributed by atoms with Gasteiger partial charge in [-0.15, -0.1) is 0 Å². The van der Waals surface area contributed by atoms with Crippen LogP contribution in [-0.4, -0.2) is 11.6 Å². The molecule has 0 saturated carbocycles. The van der Waals surface area contributed by atoms with Crippen LogP contribution in [0.5, 0.6) is 0 Å². The van der Waals surface area contributed by atoms with Crippen LogP contribution in [-0.2, 0) is 9.59 Å². The van der Waals surface area contributed by atoms with Gasteiger partial charge in [0.25, 0.3) is 0 Å². The summed E-state index contributed by atoms with van der Waals surface area (Å²) in [6, 6.07) is 0. The molecule has 2 nitrogen and oxygen atoms in total. The fourth-order valence-electron chi connectivity index (χ4n) is 4.25. The van der Waals surface area contributed by atoms with Crippen molar-refractivity contribution in [1.29, 1.82) is 0 Å². The van der Waals surface area contributed by atoms with Crippen molar-refractivity contribution >= 4 is 11.6 Å². The van der Waals surface area contributed by atoms with E-state index in [4.69, 9.17) is 0 Å². The highest BCUT2D eigenvalue weighted by atomic mass is 16.1. The van der Waals surface area contributed by atoms with Crippen molar-refractivity contribution in [2.24, 2.45) is 0 Å². The summed E-state index contributed by atoms with van der Waals surface area (Å²) in [5.74, 6) is 0.599. The Kier molecular flexibility index (Phi) is 20.3. The maximum Gasteiger partial charge on any atom is 0.155 e. The maximum atomic E-state index is 11.9. The van der Waals surface area contributed by atoms with E-state index in [-0.39, 0.29) is 0 Å². The van der Waals surface area contributed by atoms with E-state index in [1.807, 2.05) is 12.2 Å². The normalized spacial score (nSPS) is 21.9. The van der Waals surface area contributed by atoms with Gasteiger partial charge in [-0.05, 0) is 76.4 Å². The van der Waals surface area contributed by atoms with Crippen LogP contribution in [0.3, 0.4) is 0 Å². The molecule has 0 aromatic heterocycles. The molecule has 0 fully saturated rings.